The van der Waals surface area contributed by atoms with Gasteiger partial charge in [0.25, 0.3) is 0 Å². The highest BCUT2D eigenvalue weighted by molar-refractivity contribution is 5.75. The molecule has 188 valence electrons. The number of rotatable bonds is 5. The topological polar surface area (TPSA) is 106 Å². The van der Waals surface area contributed by atoms with Crippen LogP contribution in [0.5, 0.6) is 0 Å². The van der Waals surface area contributed by atoms with E-state index in [-0.39, 0.29) is 17.8 Å². The quantitative estimate of drug-likeness (QED) is 0.363. The molecule has 7 nitrogen and oxygen atoms in total. The van der Waals surface area contributed by atoms with E-state index in [0.29, 0.717) is 34.7 Å². The highest BCUT2D eigenvalue weighted by Gasteiger charge is 2.21. The Morgan fingerprint density at radius 2 is 1.82 bits per heavy atom. The predicted octanol–water partition coefficient (Wildman–Crippen LogP) is 5.33. The van der Waals surface area contributed by atoms with Gasteiger partial charge in [0.1, 0.15) is 30.1 Å². The van der Waals surface area contributed by atoms with Crippen LogP contribution in [0.25, 0.3) is 11.3 Å². The van der Waals surface area contributed by atoms with Crippen LogP contribution < -0.4 is 10.2 Å². The van der Waals surface area contributed by atoms with Crippen molar-refractivity contribution in [3.8, 4) is 23.4 Å². The monoisotopic (exact) mass is 508 g/mol. The van der Waals surface area contributed by atoms with Gasteiger partial charge in [-0.3, -0.25) is 0 Å². The van der Waals surface area contributed by atoms with Crippen molar-refractivity contribution >= 4 is 23.6 Å². The van der Waals surface area contributed by atoms with Crippen molar-refractivity contribution < 1.29 is 13.6 Å². The number of fused-ring (bicyclic) bond motifs is 1. The van der Waals surface area contributed by atoms with Crippen LogP contribution in [-0.4, -0.2) is 29.8 Å². The summed E-state index contributed by atoms with van der Waals surface area (Å²) in [6.07, 6.45) is 3.35. The Kier molecular flexibility index (Phi) is 8.00. The number of carbonyl (C=O) groups is 1. The summed E-state index contributed by atoms with van der Waals surface area (Å²) in [5, 5.41) is 21.5. The highest BCUT2D eigenvalue weighted by atomic mass is 19.1. The van der Waals surface area contributed by atoms with Crippen molar-refractivity contribution in [2.45, 2.75) is 12.8 Å². The van der Waals surface area contributed by atoms with Crippen molar-refractivity contribution in [3.63, 3.8) is 0 Å². The molecule has 1 aliphatic heterocycles. The van der Waals surface area contributed by atoms with Gasteiger partial charge in [0.15, 0.2) is 0 Å². The number of anilines is 3. The zero-order valence-corrected chi connectivity index (χ0v) is 20.4. The standard InChI is InChI=1S/C21H15FN6.C8H7FO/c1-28-7-5-13-8-14(9-16(12-24)20(13)28)19-4-6-25-21(27-19)26-17-2-3-18(22)15(10-17)11-23;9-8-4-2-1-3-7(8)5-6-10/h2-4,6,8-10H,5,7H2,1H3,(H,25,26,27);1-4,6H,5H2. The minimum Gasteiger partial charge on any atom is -0.373 e. The van der Waals surface area contributed by atoms with Crippen molar-refractivity contribution in [1.82, 2.24) is 9.97 Å². The molecule has 1 N–H and O–H groups in total. The van der Waals surface area contributed by atoms with Crippen LogP contribution in [0.4, 0.5) is 26.1 Å². The summed E-state index contributed by atoms with van der Waals surface area (Å²) in [6, 6.07) is 20.1. The molecular weight excluding hydrogens is 486 g/mol. The first kappa shape index (κ1) is 25.9. The molecule has 0 bridgehead atoms. The average Bonchev–Trinajstić information content (AvgIpc) is 3.32. The zero-order chi connectivity index (χ0) is 27.1. The molecule has 4 aromatic rings. The van der Waals surface area contributed by atoms with E-state index in [2.05, 4.69) is 32.3 Å². The van der Waals surface area contributed by atoms with E-state index >= 15 is 0 Å². The van der Waals surface area contributed by atoms with E-state index in [0.717, 1.165) is 29.8 Å². The van der Waals surface area contributed by atoms with Crippen LogP contribution in [0.3, 0.4) is 0 Å². The van der Waals surface area contributed by atoms with Gasteiger partial charge in [-0.05, 0) is 60.0 Å². The lowest BCUT2D eigenvalue weighted by Crippen LogP contribution is -2.13. The molecule has 38 heavy (non-hydrogen) atoms. The molecular formula is C29H22F2N6O. The van der Waals surface area contributed by atoms with Crippen molar-refractivity contribution in [2.75, 3.05) is 23.8 Å². The maximum atomic E-state index is 13.5. The molecule has 9 heteroatoms. The molecule has 1 aromatic heterocycles. The van der Waals surface area contributed by atoms with Crippen LogP contribution in [-0.2, 0) is 17.6 Å². The first-order chi connectivity index (χ1) is 18.4. The summed E-state index contributed by atoms with van der Waals surface area (Å²) in [6.45, 7) is 0.885. The van der Waals surface area contributed by atoms with Gasteiger partial charge in [-0.15, -0.1) is 0 Å². The molecule has 0 spiro atoms. The maximum absolute atomic E-state index is 13.5. The van der Waals surface area contributed by atoms with E-state index < -0.39 is 5.82 Å². The Morgan fingerprint density at radius 1 is 1.03 bits per heavy atom. The highest BCUT2D eigenvalue weighted by Crippen LogP contribution is 2.34. The molecule has 5 rings (SSSR count). The summed E-state index contributed by atoms with van der Waals surface area (Å²) in [4.78, 5) is 20.8. The van der Waals surface area contributed by atoms with Crippen LogP contribution in [0.2, 0.25) is 0 Å². The Labute approximate surface area is 218 Å². The van der Waals surface area contributed by atoms with Crippen molar-refractivity contribution in [1.29, 1.82) is 10.5 Å². The molecule has 0 aliphatic carbocycles. The Morgan fingerprint density at radius 3 is 2.55 bits per heavy atom. The number of carbonyl (C=O) groups excluding carboxylic acids is 1. The van der Waals surface area contributed by atoms with Crippen LogP contribution in [0.1, 0.15) is 22.3 Å². The van der Waals surface area contributed by atoms with Crippen LogP contribution in [0.15, 0.2) is 66.9 Å². The number of aromatic nitrogens is 2. The molecule has 1 aliphatic rings. The number of likely N-dealkylation sites (N-methyl/N-ethyl adjacent to an activating group) is 1. The first-order valence-electron chi connectivity index (χ1n) is 11.7. The number of aldehydes is 1. The number of benzene rings is 3. The first-order valence-corrected chi connectivity index (χ1v) is 11.7. The Hall–Kier alpha value is -5.15. The molecule has 0 radical (unpaired) electrons. The maximum Gasteiger partial charge on any atom is 0.227 e. The summed E-state index contributed by atoms with van der Waals surface area (Å²) >= 11 is 0. The lowest BCUT2D eigenvalue weighted by molar-refractivity contribution is -0.107. The number of nitrogens with one attached hydrogen (secondary N) is 1. The smallest absolute Gasteiger partial charge is 0.227 e. The number of hydrogen-bond donors (Lipinski definition) is 1. The van der Waals surface area contributed by atoms with E-state index in [1.54, 1.807) is 30.5 Å². The fraction of sp³-hybridized carbons (Fsp3) is 0.138. The fourth-order valence-corrected chi connectivity index (χ4v) is 4.12. The van der Waals surface area contributed by atoms with Gasteiger partial charge in [0, 0.05) is 37.5 Å². The van der Waals surface area contributed by atoms with Gasteiger partial charge < -0.3 is 15.0 Å². The molecule has 0 saturated carbocycles. The van der Waals surface area contributed by atoms with Crippen LogP contribution in [0, 0.1) is 34.3 Å². The van der Waals surface area contributed by atoms with E-state index in [1.165, 1.54) is 24.3 Å². The fourth-order valence-electron chi connectivity index (χ4n) is 4.12. The summed E-state index contributed by atoms with van der Waals surface area (Å²) in [5.41, 5.74) is 5.17. The van der Waals surface area contributed by atoms with Gasteiger partial charge in [-0.2, -0.15) is 10.5 Å². The molecule has 3 aromatic carbocycles. The third-order valence-corrected chi connectivity index (χ3v) is 5.96. The van der Waals surface area contributed by atoms with E-state index in [1.807, 2.05) is 19.2 Å². The van der Waals surface area contributed by atoms with Crippen LogP contribution >= 0.6 is 0 Å². The van der Waals surface area contributed by atoms with Crippen molar-refractivity contribution in [3.05, 3.63) is 101 Å². The van der Waals surface area contributed by atoms with E-state index in [4.69, 9.17) is 5.26 Å². The number of hydrogen-bond acceptors (Lipinski definition) is 7. The number of halogens is 2. The third-order valence-electron chi connectivity index (χ3n) is 5.96. The molecule has 0 saturated heterocycles. The third kappa shape index (κ3) is 5.80. The Bertz CT molecular complexity index is 1570. The SMILES string of the molecule is CN1CCc2cc(-c3ccnc(Nc4ccc(F)c(C#N)c4)n3)cc(C#N)c21.O=CCc1ccccc1F. The van der Waals surface area contributed by atoms with Gasteiger partial charge in [0.05, 0.1) is 22.5 Å². The molecule has 2 heterocycles. The second kappa shape index (κ2) is 11.7. The minimum absolute atomic E-state index is 0.0532. The van der Waals surface area contributed by atoms with Gasteiger partial charge in [-0.1, -0.05) is 18.2 Å². The second-order valence-corrected chi connectivity index (χ2v) is 8.47. The summed E-state index contributed by atoms with van der Waals surface area (Å²) in [7, 11) is 1.98. The Balaban J connectivity index is 0.000000283. The van der Waals surface area contributed by atoms with E-state index in [9.17, 15) is 18.8 Å². The van der Waals surface area contributed by atoms with Gasteiger partial charge in [-0.25, -0.2) is 18.7 Å². The second-order valence-electron chi connectivity index (χ2n) is 8.47. The largest absolute Gasteiger partial charge is 0.373 e. The predicted molar refractivity (Wildman–Crippen MR) is 140 cm³/mol. The van der Waals surface area contributed by atoms with Gasteiger partial charge in [0.2, 0.25) is 5.95 Å². The van der Waals surface area contributed by atoms with Crippen molar-refractivity contribution in [2.24, 2.45) is 0 Å². The minimum atomic E-state index is -0.574. The average molecular weight is 509 g/mol. The molecule has 0 fully saturated rings. The summed E-state index contributed by atoms with van der Waals surface area (Å²) < 4.78 is 26.1. The van der Waals surface area contributed by atoms with Gasteiger partial charge >= 0.3 is 0 Å². The normalized spacial score (nSPS) is 11.4. The molecule has 0 amide bonds. The number of nitriles is 2. The lowest BCUT2D eigenvalue weighted by atomic mass is 10.0. The lowest BCUT2D eigenvalue weighted by Gasteiger charge is -2.14. The number of nitrogens with zero attached hydrogens (tertiary/aromatic N) is 5. The molecule has 0 unspecified atom stereocenters. The summed E-state index contributed by atoms with van der Waals surface area (Å²) in [5.74, 6) is -0.561. The molecule has 0 atom stereocenters. The zero-order valence-electron chi connectivity index (χ0n) is 20.4.